The first-order valence-corrected chi connectivity index (χ1v) is 9.39. The summed E-state index contributed by atoms with van der Waals surface area (Å²) in [5.41, 5.74) is 0.0173. The van der Waals surface area contributed by atoms with Gasteiger partial charge in [-0.05, 0) is 0 Å². The molecular formula is C18H29B2N3O5. The van der Waals surface area contributed by atoms with Crippen LogP contribution >= 0.6 is 0 Å². The van der Waals surface area contributed by atoms with E-state index in [4.69, 9.17) is 24.0 Å². The van der Waals surface area contributed by atoms with E-state index >= 15 is 0 Å². The molecule has 10 heteroatoms. The number of carbonyl (C=O) groups is 1. The summed E-state index contributed by atoms with van der Waals surface area (Å²) < 4.78 is 22.2. The molecule has 28 heavy (non-hydrogen) atoms. The van der Waals surface area contributed by atoms with Crippen LogP contribution in [0, 0.1) is 11.5 Å². The third-order valence-electron chi connectivity index (χ3n) is 4.99. The molecule has 0 aliphatic carbocycles. The summed E-state index contributed by atoms with van der Waals surface area (Å²) in [6.45, 7) is 14.5. The average molecular weight is 389 g/mol. The minimum atomic E-state index is -0.628. The number of nitrogens with one attached hydrogen (secondary N) is 1. The van der Waals surface area contributed by atoms with E-state index < -0.39 is 11.7 Å². The number of nitrogens with zero attached hydrogens (tertiary/aromatic N) is 2. The van der Waals surface area contributed by atoms with Gasteiger partial charge in [0.1, 0.15) is 0 Å². The fraction of sp³-hybridized carbons (Fsp3) is 0.722. The Labute approximate surface area is 168 Å². The van der Waals surface area contributed by atoms with Crippen molar-refractivity contribution in [2.45, 2.75) is 71.7 Å². The number of amides is 1. The average Bonchev–Trinajstić information content (AvgIpc) is 2.78. The molecule has 0 bridgehead atoms. The molecule has 1 fully saturated rings. The molecule has 2 aliphatic heterocycles. The van der Waals surface area contributed by atoms with E-state index in [0.29, 0.717) is 25.2 Å². The molecule has 2 aliphatic rings. The van der Waals surface area contributed by atoms with Crippen molar-refractivity contribution in [2.24, 2.45) is 0 Å². The molecule has 152 valence electrons. The van der Waals surface area contributed by atoms with Crippen LogP contribution in [0.1, 0.15) is 54.9 Å². The molecular weight excluding hydrogens is 360 g/mol. The number of alkyl carbamates (subject to hydrolysis) is 1. The van der Waals surface area contributed by atoms with Crippen molar-refractivity contribution in [1.82, 2.24) is 10.2 Å². The number of hydrogen-bond donors (Lipinski definition) is 1. The van der Waals surface area contributed by atoms with Crippen molar-refractivity contribution < 1.29 is 23.5 Å². The van der Waals surface area contributed by atoms with Crippen molar-refractivity contribution in [1.29, 1.82) is 5.26 Å². The molecule has 8 nitrogen and oxygen atoms in total. The molecule has 0 atom stereocenters. The number of ether oxygens (including phenoxy) is 1. The van der Waals surface area contributed by atoms with E-state index in [1.807, 2.05) is 38.7 Å². The first-order valence-electron chi connectivity index (χ1n) is 9.39. The molecule has 0 aromatic rings. The van der Waals surface area contributed by atoms with Gasteiger partial charge >= 0.3 is 168 Å². The molecule has 0 unspecified atom stereocenters. The van der Waals surface area contributed by atoms with Crippen LogP contribution in [-0.2, 0) is 18.7 Å². The fourth-order valence-electron chi connectivity index (χ4n) is 2.79. The number of hydrogen-bond acceptors (Lipinski definition) is 7. The SMILES string of the molecule is CC(C)(C)OC(=O)NC(=BOC#N)N1CC=C(B2OC(C)(C)C(C)(C)O2)CC1. The first-order chi connectivity index (χ1) is 12.8. The van der Waals surface area contributed by atoms with Gasteiger partial charge in [-0.25, -0.2) is 0 Å². The third kappa shape index (κ3) is 5.52. The summed E-state index contributed by atoms with van der Waals surface area (Å²) in [7, 11) is 0.825. The topological polar surface area (TPSA) is 93.0 Å². The zero-order valence-corrected chi connectivity index (χ0v) is 17.8. The van der Waals surface area contributed by atoms with Crippen molar-refractivity contribution >= 4 is 26.0 Å². The quantitative estimate of drug-likeness (QED) is 0.581. The van der Waals surface area contributed by atoms with Crippen molar-refractivity contribution in [2.75, 3.05) is 13.1 Å². The zero-order valence-electron chi connectivity index (χ0n) is 17.8. The maximum atomic E-state index is 12.1. The summed E-state index contributed by atoms with van der Waals surface area (Å²) in [5, 5.41) is 11.3. The first kappa shape index (κ1) is 22.3. The minimum absolute atomic E-state index is 0.361. The van der Waals surface area contributed by atoms with Gasteiger partial charge in [-0.3, -0.25) is 0 Å². The van der Waals surface area contributed by atoms with Gasteiger partial charge < -0.3 is 0 Å². The summed E-state index contributed by atoms with van der Waals surface area (Å²) in [5.74, 6) is 0. The molecule has 1 amide bonds. The second-order valence-corrected chi connectivity index (χ2v) is 8.90. The number of rotatable bonds is 4. The summed E-state index contributed by atoms with van der Waals surface area (Å²) in [4.78, 5) is 14.0. The van der Waals surface area contributed by atoms with Crippen molar-refractivity contribution in [3.8, 4) is 6.26 Å². The van der Waals surface area contributed by atoms with Crippen LogP contribution in [0.15, 0.2) is 11.5 Å². The Morgan fingerprint density at radius 3 is 2.39 bits per heavy atom. The second-order valence-electron chi connectivity index (χ2n) is 8.90. The van der Waals surface area contributed by atoms with E-state index in [-0.39, 0.29) is 18.3 Å². The third-order valence-corrected chi connectivity index (χ3v) is 4.99. The molecule has 2 heterocycles. The molecule has 0 spiro atoms. The predicted octanol–water partition coefficient (Wildman–Crippen LogP) is 1.98. The van der Waals surface area contributed by atoms with Crippen molar-refractivity contribution in [3.05, 3.63) is 11.5 Å². The number of carbonyl (C=O) groups excluding carboxylic acids is 1. The second kappa shape index (κ2) is 8.18. The van der Waals surface area contributed by atoms with E-state index in [9.17, 15) is 4.79 Å². The maximum absolute atomic E-state index is 12.1. The van der Waals surface area contributed by atoms with Gasteiger partial charge in [0.25, 0.3) is 0 Å². The van der Waals surface area contributed by atoms with Crippen LogP contribution in [0.25, 0.3) is 0 Å². The van der Waals surface area contributed by atoms with Gasteiger partial charge in [-0.2, -0.15) is 0 Å². The molecule has 0 saturated carbocycles. The van der Waals surface area contributed by atoms with Crippen LogP contribution in [-0.4, -0.2) is 60.8 Å². The Hall–Kier alpha value is -1.98. The van der Waals surface area contributed by atoms with Crippen LogP contribution in [0.5, 0.6) is 0 Å². The normalized spacial score (nSPS) is 21.4. The summed E-state index contributed by atoms with van der Waals surface area (Å²) >= 11 is 0. The Bertz CT molecular complexity index is 691. The van der Waals surface area contributed by atoms with E-state index in [2.05, 4.69) is 5.32 Å². The Balaban J connectivity index is 2.05. The summed E-state index contributed by atoms with van der Waals surface area (Å²) in [6.07, 6.45) is 3.68. The Morgan fingerprint density at radius 2 is 1.93 bits per heavy atom. The molecule has 1 N–H and O–H groups in total. The van der Waals surface area contributed by atoms with Crippen LogP contribution < -0.4 is 5.32 Å². The molecule has 1 saturated heterocycles. The van der Waals surface area contributed by atoms with Gasteiger partial charge in [0.2, 0.25) is 0 Å². The number of nitriles is 1. The Morgan fingerprint density at radius 1 is 1.32 bits per heavy atom. The van der Waals surface area contributed by atoms with Crippen LogP contribution in [0.4, 0.5) is 4.79 Å². The van der Waals surface area contributed by atoms with E-state index in [1.165, 1.54) is 7.12 Å². The molecule has 0 aromatic carbocycles. The fourth-order valence-corrected chi connectivity index (χ4v) is 2.79. The van der Waals surface area contributed by atoms with Crippen molar-refractivity contribution in [3.63, 3.8) is 0 Å². The van der Waals surface area contributed by atoms with Gasteiger partial charge in [0.05, 0.1) is 0 Å². The van der Waals surface area contributed by atoms with Gasteiger partial charge in [0, 0.05) is 0 Å². The van der Waals surface area contributed by atoms with Gasteiger partial charge in [-0.1, -0.05) is 0 Å². The molecule has 0 radical (unpaired) electrons. The summed E-state index contributed by atoms with van der Waals surface area (Å²) in [6, 6.07) is 0. The van der Waals surface area contributed by atoms with Crippen LogP contribution in [0.2, 0.25) is 0 Å². The zero-order chi connectivity index (χ0) is 21.2. The standard InChI is InChI=1S/C18H29B2N3O5/c1-16(2,3)26-15(24)22-14(19-25-12-21)23-10-8-13(9-11-23)20-27-17(4,5)18(6,7)28-20/h8H,9-11H2,1-7H3,(H,22,24). The Kier molecular flexibility index (Phi) is 6.51. The monoisotopic (exact) mass is 389 g/mol. The van der Waals surface area contributed by atoms with E-state index in [0.717, 1.165) is 5.47 Å². The van der Waals surface area contributed by atoms with E-state index in [1.54, 1.807) is 27.0 Å². The van der Waals surface area contributed by atoms with Gasteiger partial charge in [0.15, 0.2) is 0 Å². The molecule has 0 aromatic heterocycles. The van der Waals surface area contributed by atoms with Gasteiger partial charge in [-0.15, -0.1) is 0 Å². The van der Waals surface area contributed by atoms with Crippen LogP contribution in [0.3, 0.4) is 0 Å². The molecule has 2 rings (SSSR count). The predicted molar refractivity (Wildman–Crippen MR) is 107 cm³/mol.